The van der Waals surface area contributed by atoms with E-state index in [4.69, 9.17) is 5.11 Å². The molecule has 0 heterocycles. The van der Waals surface area contributed by atoms with E-state index >= 15 is 0 Å². The van der Waals surface area contributed by atoms with Crippen molar-refractivity contribution in [3.63, 3.8) is 0 Å². The summed E-state index contributed by atoms with van der Waals surface area (Å²) >= 11 is 4.67. The summed E-state index contributed by atoms with van der Waals surface area (Å²) in [6, 6.07) is 5.06. The molecule has 0 saturated carbocycles. The number of nitrogens with zero attached hydrogens (tertiary/aromatic N) is 1. The van der Waals surface area contributed by atoms with Gasteiger partial charge in [0.1, 0.15) is 0 Å². The molecule has 1 aromatic rings. The van der Waals surface area contributed by atoms with Crippen molar-refractivity contribution < 1.29 is 10.0 Å². The van der Waals surface area contributed by atoms with E-state index in [1.165, 1.54) is 0 Å². The fourth-order valence-corrected chi connectivity index (χ4v) is 2.12. The summed E-state index contributed by atoms with van der Waals surface area (Å²) in [5.74, 6) is 1.32. The van der Waals surface area contributed by atoms with Gasteiger partial charge in [0.05, 0.1) is 16.0 Å². The lowest BCUT2D eigenvalue weighted by Crippen LogP contribution is -1.92. The van der Waals surface area contributed by atoms with Gasteiger partial charge in [-0.2, -0.15) is 11.8 Å². The first-order valence-corrected chi connectivity index (χ1v) is 6.21. The Hall–Kier alpha value is -0.590. The van der Waals surface area contributed by atoms with Crippen LogP contribution in [0, 0.1) is 10.1 Å². The minimum Gasteiger partial charge on any atom is -0.396 e. The van der Waals surface area contributed by atoms with E-state index in [1.54, 1.807) is 23.9 Å². The maximum atomic E-state index is 10.6. The summed E-state index contributed by atoms with van der Waals surface area (Å²) in [4.78, 5) is 10.2. The lowest BCUT2D eigenvalue weighted by atomic mass is 10.2. The van der Waals surface area contributed by atoms with Crippen molar-refractivity contribution in [1.29, 1.82) is 0 Å². The van der Waals surface area contributed by atoms with Crippen molar-refractivity contribution in [2.45, 2.75) is 5.75 Å². The predicted octanol–water partition coefficient (Wildman–Crippen LogP) is 2.58. The number of nitro groups is 1. The molecule has 1 N–H and O–H groups in total. The predicted molar refractivity (Wildman–Crippen MR) is 64.0 cm³/mol. The van der Waals surface area contributed by atoms with Crippen LogP contribution in [-0.2, 0) is 5.75 Å². The minimum atomic E-state index is -0.412. The molecule has 0 aliphatic carbocycles. The van der Waals surface area contributed by atoms with Gasteiger partial charge < -0.3 is 5.11 Å². The van der Waals surface area contributed by atoms with Crippen LogP contribution in [0.4, 0.5) is 5.69 Å². The molecule has 0 amide bonds. The van der Waals surface area contributed by atoms with Crippen LogP contribution >= 0.6 is 27.7 Å². The molecular weight excluding hydrogens is 282 g/mol. The molecule has 0 bridgehead atoms. The molecule has 0 aromatic heterocycles. The molecular formula is C9H10BrNO3S. The van der Waals surface area contributed by atoms with Crippen LogP contribution in [0.5, 0.6) is 0 Å². The summed E-state index contributed by atoms with van der Waals surface area (Å²) in [5.41, 5.74) is 0.973. The Bertz CT molecular complexity index is 359. The van der Waals surface area contributed by atoms with E-state index in [0.29, 0.717) is 16.0 Å². The zero-order valence-corrected chi connectivity index (χ0v) is 10.3. The summed E-state index contributed by atoms with van der Waals surface area (Å²) in [5, 5.41) is 19.2. The van der Waals surface area contributed by atoms with Gasteiger partial charge in [0.2, 0.25) is 0 Å². The molecule has 1 aromatic carbocycles. The molecule has 15 heavy (non-hydrogen) atoms. The van der Waals surface area contributed by atoms with Crippen LogP contribution in [-0.4, -0.2) is 22.4 Å². The Kier molecular flexibility index (Phi) is 5.07. The molecule has 0 aliphatic rings. The summed E-state index contributed by atoms with van der Waals surface area (Å²) < 4.78 is 0.489. The van der Waals surface area contributed by atoms with Crippen LogP contribution in [0.25, 0.3) is 0 Å². The Balaban J connectivity index is 2.74. The van der Waals surface area contributed by atoms with E-state index in [2.05, 4.69) is 15.9 Å². The van der Waals surface area contributed by atoms with Gasteiger partial charge in [0.15, 0.2) is 0 Å². The zero-order valence-electron chi connectivity index (χ0n) is 7.85. The second-order valence-electron chi connectivity index (χ2n) is 2.82. The number of nitro benzene ring substituents is 1. The number of halogens is 1. The highest BCUT2D eigenvalue weighted by Crippen LogP contribution is 2.27. The van der Waals surface area contributed by atoms with E-state index in [-0.39, 0.29) is 12.3 Å². The van der Waals surface area contributed by atoms with Gasteiger partial charge >= 0.3 is 0 Å². The first-order chi connectivity index (χ1) is 7.15. The molecule has 0 spiro atoms. The molecule has 0 unspecified atom stereocenters. The lowest BCUT2D eigenvalue weighted by molar-refractivity contribution is -0.385. The Morgan fingerprint density at radius 2 is 2.27 bits per heavy atom. The number of hydrogen-bond donors (Lipinski definition) is 1. The fourth-order valence-electron chi connectivity index (χ4n) is 1.04. The third-order valence-electron chi connectivity index (χ3n) is 1.71. The lowest BCUT2D eigenvalue weighted by Gasteiger charge is -2.01. The van der Waals surface area contributed by atoms with Gasteiger partial charge in [0.25, 0.3) is 5.69 Å². The topological polar surface area (TPSA) is 63.4 Å². The molecule has 0 atom stereocenters. The molecule has 0 saturated heterocycles. The number of benzene rings is 1. The summed E-state index contributed by atoms with van der Waals surface area (Å²) in [6.07, 6.45) is 0. The molecule has 0 radical (unpaired) electrons. The third-order valence-corrected chi connectivity index (χ3v) is 3.39. The number of thioether (sulfide) groups is 1. The molecule has 6 heteroatoms. The number of rotatable bonds is 5. The number of aliphatic hydroxyl groups is 1. The highest BCUT2D eigenvalue weighted by molar-refractivity contribution is 9.10. The average Bonchev–Trinajstić information content (AvgIpc) is 2.20. The Morgan fingerprint density at radius 1 is 1.53 bits per heavy atom. The minimum absolute atomic E-state index is 0.0806. The largest absolute Gasteiger partial charge is 0.396 e. The number of hydrogen-bond acceptors (Lipinski definition) is 4. The highest BCUT2D eigenvalue weighted by Gasteiger charge is 2.11. The third kappa shape index (κ3) is 3.81. The second-order valence-corrected chi connectivity index (χ2v) is 4.78. The van der Waals surface area contributed by atoms with Crippen molar-refractivity contribution >= 4 is 33.4 Å². The van der Waals surface area contributed by atoms with Gasteiger partial charge in [-0.05, 0) is 27.6 Å². The highest BCUT2D eigenvalue weighted by atomic mass is 79.9. The van der Waals surface area contributed by atoms with E-state index in [0.717, 1.165) is 5.56 Å². The molecule has 4 nitrogen and oxygen atoms in total. The average molecular weight is 292 g/mol. The van der Waals surface area contributed by atoms with Crippen molar-refractivity contribution in [3.8, 4) is 0 Å². The van der Waals surface area contributed by atoms with Gasteiger partial charge in [-0.25, -0.2) is 0 Å². The monoisotopic (exact) mass is 291 g/mol. The van der Waals surface area contributed by atoms with Crippen LogP contribution in [0.2, 0.25) is 0 Å². The van der Waals surface area contributed by atoms with E-state index < -0.39 is 4.92 Å². The van der Waals surface area contributed by atoms with Crippen LogP contribution in [0.3, 0.4) is 0 Å². The van der Waals surface area contributed by atoms with Crippen LogP contribution in [0.1, 0.15) is 5.56 Å². The van der Waals surface area contributed by atoms with Gasteiger partial charge in [-0.3, -0.25) is 10.1 Å². The quantitative estimate of drug-likeness (QED) is 0.514. The van der Waals surface area contributed by atoms with Crippen LogP contribution in [0.15, 0.2) is 22.7 Å². The fraction of sp³-hybridized carbons (Fsp3) is 0.333. The smallest absolute Gasteiger partial charge is 0.283 e. The Labute approximate surface area is 100.0 Å². The molecule has 0 aliphatic heterocycles. The van der Waals surface area contributed by atoms with Gasteiger partial charge in [-0.15, -0.1) is 0 Å². The van der Waals surface area contributed by atoms with Crippen molar-refractivity contribution in [1.82, 2.24) is 0 Å². The van der Waals surface area contributed by atoms with E-state index in [1.807, 2.05) is 6.07 Å². The van der Waals surface area contributed by atoms with Gasteiger partial charge in [0, 0.05) is 17.6 Å². The number of aliphatic hydroxyl groups excluding tert-OH is 1. The Morgan fingerprint density at radius 3 is 2.87 bits per heavy atom. The molecule has 0 fully saturated rings. The maximum Gasteiger partial charge on any atom is 0.283 e. The van der Waals surface area contributed by atoms with Crippen molar-refractivity contribution in [2.75, 3.05) is 12.4 Å². The SMILES string of the molecule is O=[N+]([O-])c1cc(CSCCO)ccc1Br. The van der Waals surface area contributed by atoms with E-state index in [9.17, 15) is 10.1 Å². The second kappa shape index (κ2) is 6.09. The summed E-state index contributed by atoms with van der Waals surface area (Å²) in [6.45, 7) is 0.128. The zero-order chi connectivity index (χ0) is 11.3. The standard InChI is InChI=1S/C9H10BrNO3S/c10-8-2-1-7(6-15-4-3-12)5-9(8)11(13)14/h1-2,5,12H,3-4,6H2. The first-order valence-electron chi connectivity index (χ1n) is 4.26. The van der Waals surface area contributed by atoms with Crippen molar-refractivity contribution in [2.24, 2.45) is 0 Å². The molecule has 82 valence electrons. The molecule has 1 rings (SSSR count). The van der Waals surface area contributed by atoms with Crippen molar-refractivity contribution in [3.05, 3.63) is 38.3 Å². The normalized spacial score (nSPS) is 10.3. The summed E-state index contributed by atoms with van der Waals surface area (Å²) in [7, 11) is 0. The maximum absolute atomic E-state index is 10.6. The first kappa shape index (κ1) is 12.5. The van der Waals surface area contributed by atoms with Crippen LogP contribution < -0.4 is 0 Å². The van der Waals surface area contributed by atoms with Gasteiger partial charge in [-0.1, -0.05) is 6.07 Å².